The molecule has 3 rings (SSSR count). The summed E-state index contributed by atoms with van der Waals surface area (Å²) in [7, 11) is 5.06. The van der Waals surface area contributed by atoms with Gasteiger partial charge in [-0.15, -0.1) is 0 Å². The number of aromatic nitrogens is 1. The van der Waals surface area contributed by atoms with Crippen LogP contribution in [0.1, 0.15) is 11.3 Å². The molecule has 0 radical (unpaired) electrons. The molecule has 8 nitrogen and oxygen atoms in total. The number of carbonyl (C=O) groups is 1. The van der Waals surface area contributed by atoms with E-state index in [9.17, 15) is 4.79 Å². The second-order valence-electron chi connectivity index (χ2n) is 5.24. The molecule has 2 aromatic rings. The Morgan fingerprint density at radius 2 is 1.96 bits per heavy atom. The van der Waals surface area contributed by atoms with E-state index in [-0.39, 0.29) is 0 Å². The Hall–Kier alpha value is -2.86. The van der Waals surface area contributed by atoms with Gasteiger partial charge in [-0.3, -0.25) is 10.6 Å². The number of aromatic amines is 1. The third kappa shape index (κ3) is 2.32. The van der Waals surface area contributed by atoms with Crippen molar-refractivity contribution in [2.75, 3.05) is 26.2 Å². The molecule has 8 heteroatoms. The Morgan fingerprint density at radius 3 is 2.54 bits per heavy atom. The Labute approximate surface area is 139 Å². The highest BCUT2D eigenvalue weighted by molar-refractivity contribution is 5.91. The molecular weight excluding hydrogens is 308 g/mol. The van der Waals surface area contributed by atoms with Crippen molar-refractivity contribution in [1.82, 2.24) is 21.0 Å². The van der Waals surface area contributed by atoms with Gasteiger partial charge >= 0.3 is 6.09 Å². The Kier molecular flexibility index (Phi) is 3.99. The predicted molar refractivity (Wildman–Crippen MR) is 88.8 cm³/mol. The molecule has 1 amide bonds. The van der Waals surface area contributed by atoms with Crippen molar-refractivity contribution in [2.45, 2.75) is 5.85 Å². The van der Waals surface area contributed by atoms with Crippen molar-refractivity contribution in [1.29, 1.82) is 5.26 Å². The van der Waals surface area contributed by atoms with Gasteiger partial charge in [0.05, 0.1) is 11.3 Å². The van der Waals surface area contributed by atoms with E-state index in [1.807, 2.05) is 24.3 Å². The number of rotatable bonds is 4. The number of nitrogens with one attached hydrogen (secondary N) is 4. The summed E-state index contributed by atoms with van der Waals surface area (Å²) in [6, 6.07) is 11.3. The number of cyclic esters (lactones) is 1. The third-order valence-corrected chi connectivity index (χ3v) is 4.08. The molecule has 0 spiro atoms. The lowest BCUT2D eigenvalue weighted by atomic mass is 10.0. The lowest BCUT2D eigenvalue weighted by Gasteiger charge is -2.41. The van der Waals surface area contributed by atoms with Crippen LogP contribution in [0, 0.1) is 11.3 Å². The van der Waals surface area contributed by atoms with Crippen molar-refractivity contribution < 1.29 is 9.53 Å². The maximum Gasteiger partial charge on any atom is 0.432 e. The summed E-state index contributed by atoms with van der Waals surface area (Å²) in [4.78, 5) is 15.3. The lowest BCUT2D eigenvalue weighted by molar-refractivity contribution is -0.0405. The number of H-pyrrole nitrogens is 1. The fourth-order valence-electron chi connectivity index (χ4n) is 2.85. The standard InChI is InChI=1S/C16H18N6O2/c1-18-16(19-2)12-8-10(13-6-5-11(9-17)21-13)4-7-14(12)22(20-3)15(23)24-16/h4-8,18-21H,1-3H3. The van der Waals surface area contributed by atoms with Gasteiger partial charge in [0.2, 0.25) is 0 Å². The first-order chi connectivity index (χ1) is 11.6. The minimum absolute atomic E-state index is 0.486. The van der Waals surface area contributed by atoms with Gasteiger partial charge in [-0.1, -0.05) is 6.07 Å². The van der Waals surface area contributed by atoms with Gasteiger partial charge in [-0.05, 0) is 43.9 Å². The quantitative estimate of drug-likeness (QED) is 0.629. The van der Waals surface area contributed by atoms with E-state index in [0.29, 0.717) is 11.4 Å². The summed E-state index contributed by atoms with van der Waals surface area (Å²) in [5.74, 6) is -1.14. The number of nitriles is 1. The molecule has 2 heterocycles. The van der Waals surface area contributed by atoms with E-state index in [2.05, 4.69) is 27.1 Å². The average molecular weight is 326 g/mol. The van der Waals surface area contributed by atoms with Gasteiger partial charge in [-0.25, -0.2) is 15.2 Å². The number of fused-ring (bicyclic) bond motifs is 1. The van der Waals surface area contributed by atoms with Crippen molar-refractivity contribution >= 4 is 11.8 Å². The molecule has 0 saturated carbocycles. The molecule has 1 aliphatic heterocycles. The van der Waals surface area contributed by atoms with Crippen LogP contribution >= 0.6 is 0 Å². The van der Waals surface area contributed by atoms with Crippen LogP contribution in [-0.2, 0) is 10.6 Å². The first kappa shape index (κ1) is 16.0. The smallest absolute Gasteiger partial charge is 0.408 e. The zero-order valence-corrected chi connectivity index (χ0v) is 13.6. The summed E-state index contributed by atoms with van der Waals surface area (Å²) in [5, 5.41) is 16.4. The van der Waals surface area contributed by atoms with E-state index in [4.69, 9.17) is 10.00 Å². The highest BCUT2D eigenvalue weighted by Gasteiger charge is 2.43. The monoisotopic (exact) mass is 326 g/mol. The van der Waals surface area contributed by atoms with Crippen LogP contribution in [0.25, 0.3) is 11.3 Å². The number of hydrogen-bond donors (Lipinski definition) is 4. The summed E-state index contributed by atoms with van der Waals surface area (Å²) in [5.41, 5.74) is 6.41. The molecule has 1 aromatic heterocycles. The van der Waals surface area contributed by atoms with Gasteiger partial charge in [0.1, 0.15) is 11.8 Å². The van der Waals surface area contributed by atoms with Crippen molar-refractivity contribution in [3.63, 3.8) is 0 Å². The van der Waals surface area contributed by atoms with Gasteiger partial charge < -0.3 is 9.72 Å². The van der Waals surface area contributed by atoms with Crippen molar-refractivity contribution in [3.8, 4) is 17.3 Å². The van der Waals surface area contributed by atoms with Crippen LogP contribution in [-0.4, -0.2) is 32.2 Å². The number of hydrazine groups is 1. The molecule has 4 N–H and O–H groups in total. The molecule has 124 valence electrons. The van der Waals surface area contributed by atoms with E-state index >= 15 is 0 Å². The minimum atomic E-state index is -1.14. The Morgan fingerprint density at radius 1 is 1.21 bits per heavy atom. The van der Waals surface area contributed by atoms with Gasteiger partial charge in [0.25, 0.3) is 5.85 Å². The second-order valence-corrected chi connectivity index (χ2v) is 5.24. The molecule has 0 unspecified atom stereocenters. The lowest BCUT2D eigenvalue weighted by Crippen LogP contribution is -2.61. The number of nitrogens with zero attached hydrogens (tertiary/aromatic N) is 2. The number of ether oxygens (including phenoxy) is 1. The SMILES string of the molecule is CNN1C(=O)OC(NC)(NC)c2cc(-c3ccc(C#N)[nH]3)ccc21. The van der Waals surface area contributed by atoms with E-state index in [0.717, 1.165) is 16.8 Å². The second kappa shape index (κ2) is 5.98. The molecule has 1 aliphatic rings. The molecule has 1 aromatic carbocycles. The van der Waals surface area contributed by atoms with Crippen molar-refractivity contribution in [3.05, 3.63) is 41.6 Å². The van der Waals surface area contributed by atoms with E-state index in [1.54, 1.807) is 27.2 Å². The first-order valence-corrected chi connectivity index (χ1v) is 7.41. The van der Waals surface area contributed by atoms with E-state index in [1.165, 1.54) is 5.01 Å². The van der Waals surface area contributed by atoms with Crippen LogP contribution in [0.15, 0.2) is 30.3 Å². The van der Waals surface area contributed by atoms with Gasteiger partial charge in [0.15, 0.2) is 0 Å². The molecule has 0 atom stereocenters. The number of anilines is 1. The fourth-order valence-corrected chi connectivity index (χ4v) is 2.85. The van der Waals surface area contributed by atoms with Gasteiger partial charge in [-0.2, -0.15) is 5.26 Å². The fraction of sp³-hybridized carbons (Fsp3) is 0.250. The van der Waals surface area contributed by atoms with E-state index < -0.39 is 11.9 Å². The van der Waals surface area contributed by atoms with Crippen LogP contribution in [0.3, 0.4) is 0 Å². The predicted octanol–water partition coefficient (Wildman–Crippen LogP) is 1.19. The number of carbonyl (C=O) groups excluding carboxylic acids is 1. The summed E-state index contributed by atoms with van der Waals surface area (Å²) >= 11 is 0. The largest absolute Gasteiger partial charge is 0.432 e. The van der Waals surface area contributed by atoms with Crippen LogP contribution in [0.4, 0.5) is 10.5 Å². The number of benzene rings is 1. The Balaban J connectivity index is 2.17. The maximum absolute atomic E-state index is 12.2. The zero-order chi connectivity index (χ0) is 17.3. The zero-order valence-electron chi connectivity index (χ0n) is 13.6. The first-order valence-electron chi connectivity index (χ1n) is 7.41. The molecule has 24 heavy (non-hydrogen) atoms. The van der Waals surface area contributed by atoms with Crippen LogP contribution in [0.2, 0.25) is 0 Å². The van der Waals surface area contributed by atoms with Gasteiger partial charge in [0, 0.05) is 12.7 Å². The summed E-state index contributed by atoms with van der Waals surface area (Å²) in [6.45, 7) is 0. The topological polar surface area (TPSA) is 105 Å². The van der Waals surface area contributed by atoms with Crippen molar-refractivity contribution in [2.24, 2.45) is 0 Å². The summed E-state index contributed by atoms with van der Waals surface area (Å²) < 4.78 is 5.56. The van der Waals surface area contributed by atoms with Crippen LogP contribution < -0.4 is 21.1 Å². The molecular formula is C16H18N6O2. The highest BCUT2D eigenvalue weighted by Crippen LogP contribution is 2.37. The molecule has 0 fully saturated rings. The summed E-state index contributed by atoms with van der Waals surface area (Å²) in [6.07, 6.45) is -0.520. The molecule has 0 bridgehead atoms. The molecule has 0 saturated heterocycles. The van der Waals surface area contributed by atoms with Crippen LogP contribution in [0.5, 0.6) is 0 Å². The normalized spacial score (nSPS) is 15.6. The molecule has 0 aliphatic carbocycles. The third-order valence-electron chi connectivity index (χ3n) is 4.08. The number of hydrogen-bond acceptors (Lipinski definition) is 6. The minimum Gasteiger partial charge on any atom is -0.408 e. The Bertz CT molecular complexity index is 818. The maximum atomic E-state index is 12.2. The number of amides is 1. The average Bonchev–Trinajstić information content (AvgIpc) is 3.10. The highest BCUT2D eigenvalue weighted by atomic mass is 16.6.